The molecule has 3 N–H and O–H groups in total. The molecule has 0 bridgehead atoms. The van der Waals surface area contributed by atoms with Crippen molar-refractivity contribution in [3.05, 3.63) is 47.0 Å². The molecule has 2 heterocycles. The molecule has 7 heteroatoms. The Bertz CT molecular complexity index is 842. The lowest BCUT2D eigenvalue weighted by atomic mass is 9.84. The number of amides is 1. The van der Waals surface area contributed by atoms with E-state index in [2.05, 4.69) is 20.7 Å². The Hall–Kier alpha value is -2.25. The van der Waals surface area contributed by atoms with E-state index in [4.69, 9.17) is 0 Å². The molecule has 0 aromatic carbocycles. The second-order valence-electron chi connectivity index (χ2n) is 8.54. The highest BCUT2D eigenvalue weighted by Gasteiger charge is 2.32. The topological polar surface area (TPSA) is 92.1 Å². The predicted octanol–water partition coefficient (Wildman–Crippen LogP) is 1.89. The van der Waals surface area contributed by atoms with Crippen LogP contribution < -0.4 is 10.6 Å². The van der Waals surface area contributed by atoms with Gasteiger partial charge < -0.3 is 15.7 Å². The fraction of sp³-hybridized carbons (Fsp3) is 0.591. The summed E-state index contributed by atoms with van der Waals surface area (Å²) in [6, 6.07) is 4.05. The molecule has 1 amide bonds. The van der Waals surface area contributed by atoms with Gasteiger partial charge in [-0.3, -0.25) is 14.5 Å². The molecule has 0 aliphatic heterocycles. The summed E-state index contributed by atoms with van der Waals surface area (Å²) in [7, 11) is 1.91. The van der Waals surface area contributed by atoms with E-state index in [9.17, 15) is 9.90 Å². The largest absolute Gasteiger partial charge is 0.389 e. The molecule has 1 atom stereocenters. The molecule has 2 aromatic rings. The monoisotopic (exact) mass is 397 g/mol. The summed E-state index contributed by atoms with van der Waals surface area (Å²) in [5.74, 6) is -0.134. The number of aryl methyl sites for hydroxylation is 1. The Morgan fingerprint density at radius 1 is 1.28 bits per heavy atom. The maximum absolute atomic E-state index is 12.8. The first kappa shape index (κ1) is 20.0. The van der Waals surface area contributed by atoms with Crippen molar-refractivity contribution in [3.63, 3.8) is 0 Å². The minimum absolute atomic E-state index is 0.134. The third kappa shape index (κ3) is 4.67. The molecular weight excluding hydrogens is 366 g/mol. The van der Waals surface area contributed by atoms with Crippen molar-refractivity contribution in [1.82, 2.24) is 25.4 Å². The molecule has 29 heavy (non-hydrogen) atoms. The van der Waals surface area contributed by atoms with E-state index in [-0.39, 0.29) is 11.9 Å². The van der Waals surface area contributed by atoms with Crippen LogP contribution in [0.2, 0.25) is 0 Å². The fourth-order valence-electron chi connectivity index (χ4n) is 4.63. The number of aliphatic hydroxyl groups is 1. The second kappa shape index (κ2) is 8.63. The number of hydrogen-bond donors (Lipinski definition) is 3. The molecule has 2 aliphatic rings. The molecule has 0 spiro atoms. The van der Waals surface area contributed by atoms with Gasteiger partial charge >= 0.3 is 0 Å². The van der Waals surface area contributed by atoms with Crippen molar-refractivity contribution in [2.75, 3.05) is 6.54 Å². The lowest BCUT2D eigenvalue weighted by molar-refractivity contribution is 0.00228. The van der Waals surface area contributed by atoms with Crippen molar-refractivity contribution in [2.24, 2.45) is 7.05 Å². The Labute approximate surface area is 171 Å². The van der Waals surface area contributed by atoms with E-state index < -0.39 is 5.60 Å². The summed E-state index contributed by atoms with van der Waals surface area (Å²) >= 11 is 0. The minimum Gasteiger partial charge on any atom is -0.389 e. The van der Waals surface area contributed by atoms with E-state index in [0.29, 0.717) is 18.8 Å². The number of carbonyl (C=O) groups excluding carboxylic acids is 1. The van der Waals surface area contributed by atoms with E-state index in [1.807, 2.05) is 23.9 Å². The second-order valence-corrected chi connectivity index (χ2v) is 8.54. The highest BCUT2D eigenvalue weighted by atomic mass is 16.3. The Morgan fingerprint density at radius 3 is 2.79 bits per heavy atom. The van der Waals surface area contributed by atoms with Gasteiger partial charge in [-0.2, -0.15) is 5.10 Å². The van der Waals surface area contributed by atoms with Crippen LogP contribution in [-0.2, 0) is 26.4 Å². The highest BCUT2D eigenvalue weighted by Crippen LogP contribution is 2.29. The summed E-state index contributed by atoms with van der Waals surface area (Å²) in [5.41, 5.74) is 3.16. The summed E-state index contributed by atoms with van der Waals surface area (Å²) in [4.78, 5) is 16.8. The average Bonchev–Trinajstić information content (AvgIpc) is 3.08. The first-order valence-corrected chi connectivity index (χ1v) is 10.7. The first-order valence-electron chi connectivity index (χ1n) is 10.7. The SMILES string of the molecule is Cn1nc(C(=O)NCc2ccncc2)c2c1CCC(NCC1(O)CCCCC1)C2. The zero-order valence-electron chi connectivity index (χ0n) is 17.2. The molecule has 156 valence electrons. The molecule has 2 aromatic heterocycles. The predicted molar refractivity (Wildman–Crippen MR) is 110 cm³/mol. The maximum atomic E-state index is 12.8. The van der Waals surface area contributed by atoms with Crippen LogP contribution in [0.15, 0.2) is 24.5 Å². The fourth-order valence-corrected chi connectivity index (χ4v) is 4.63. The van der Waals surface area contributed by atoms with Crippen molar-refractivity contribution in [3.8, 4) is 0 Å². The Kier molecular flexibility index (Phi) is 5.96. The number of carbonyl (C=O) groups is 1. The van der Waals surface area contributed by atoms with Gasteiger partial charge in [0.2, 0.25) is 0 Å². The summed E-state index contributed by atoms with van der Waals surface area (Å²) in [5, 5.41) is 21.9. The van der Waals surface area contributed by atoms with E-state index in [1.54, 1.807) is 12.4 Å². The number of fused-ring (bicyclic) bond motifs is 1. The minimum atomic E-state index is -0.571. The van der Waals surface area contributed by atoms with Crippen LogP contribution in [0.1, 0.15) is 65.8 Å². The molecule has 1 saturated carbocycles. The van der Waals surface area contributed by atoms with Gasteiger partial charge in [0.05, 0.1) is 5.60 Å². The molecule has 1 unspecified atom stereocenters. The lowest BCUT2D eigenvalue weighted by Gasteiger charge is -2.34. The Morgan fingerprint density at radius 2 is 2.03 bits per heavy atom. The van der Waals surface area contributed by atoms with Crippen LogP contribution in [-0.4, -0.2) is 44.0 Å². The van der Waals surface area contributed by atoms with Crippen molar-refractivity contribution >= 4 is 5.91 Å². The maximum Gasteiger partial charge on any atom is 0.272 e. The highest BCUT2D eigenvalue weighted by molar-refractivity contribution is 5.94. The van der Waals surface area contributed by atoms with Crippen LogP contribution in [0.3, 0.4) is 0 Å². The van der Waals surface area contributed by atoms with Gasteiger partial charge in [0, 0.05) is 49.8 Å². The third-order valence-electron chi connectivity index (χ3n) is 6.38. The zero-order valence-corrected chi connectivity index (χ0v) is 17.2. The summed E-state index contributed by atoms with van der Waals surface area (Å²) in [6.07, 6.45) is 11.3. The van der Waals surface area contributed by atoms with Gasteiger partial charge in [-0.15, -0.1) is 0 Å². The standard InChI is InChI=1S/C22H31N5O2/c1-27-19-6-5-17(25-15-22(29)9-3-2-4-10-22)13-18(19)20(26-27)21(28)24-14-16-7-11-23-12-8-16/h7-8,11-12,17,25,29H,2-6,9-10,13-15H2,1H3,(H,24,28). The van der Waals surface area contributed by atoms with E-state index in [0.717, 1.165) is 61.8 Å². The Balaban J connectivity index is 1.40. The molecule has 2 aliphatic carbocycles. The molecule has 4 rings (SSSR count). The van der Waals surface area contributed by atoms with Crippen molar-refractivity contribution in [2.45, 2.75) is 69.6 Å². The smallest absolute Gasteiger partial charge is 0.272 e. The number of pyridine rings is 1. The van der Waals surface area contributed by atoms with Crippen LogP contribution in [0, 0.1) is 0 Å². The van der Waals surface area contributed by atoms with Crippen LogP contribution in [0.25, 0.3) is 0 Å². The summed E-state index contributed by atoms with van der Waals surface area (Å²) < 4.78 is 1.85. The molecular formula is C22H31N5O2. The van der Waals surface area contributed by atoms with Gasteiger partial charge in [0.1, 0.15) is 0 Å². The summed E-state index contributed by atoms with van der Waals surface area (Å²) in [6.45, 7) is 1.10. The van der Waals surface area contributed by atoms with Crippen molar-refractivity contribution in [1.29, 1.82) is 0 Å². The van der Waals surface area contributed by atoms with Crippen LogP contribution >= 0.6 is 0 Å². The number of hydrogen-bond acceptors (Lipinski definition) is 5. The molecule has 7 nitrogen and oxygen atoms in total. The average molecular weight is 398 g/mol. The van der Waals surface area contributed by atoms with Crippen molar-refractivity contribution < 1.29 is 9.90 Å². The number of nitrogens with zero attached hydrogens (tertiary/aromatic N) is 3. The number of nitrogens with one attached hydrogen (secondary N) is 2. The van der Waals surface area contributed by atoms with Gasteiger partial charge in [-0.05, 0) is 49.8 Å². The van der Waals surface area contributed by atoms with Gasteiger partial charge in [-0.1, -0.05) is 19.3 Å². The van der Waals surface area contributed by atoms with Crippen LogP contribution in [0.4, 0.5) is 0 Å². The third-order valence-corrected chi connectivity index (χ3v) is 6.38. The number of aromatic nitrogens is 3. The van der Waals surface area contributed by atoms with E-state index >= 15 is 0 Å². The lowest BCUT2D eigenvalue weighted by Crippen LogP contribution is -2.47. The van der Waals surface area contributed by atoms with Gasteiger partial charge in [0.15, 0.2) is 5.69 Å². The van der Waals surface area contributed by atoms with Crippen LogP contribution in [0.5, 0.6) is 0 Å². The first-order chi connectivity index (χ1) is 14.0. The quantitative estimate of drug-likeness (QED) is 0.692. The van der Waals surface area contributed by atoms with Gasteiger partial charge in [-0.25, -0.2) is 0 Å². The molecule has 0 saturated heterocycles. The number of rotatable bonds is 6. The molecule has 0 radical (unpaired) electrons. The zero-order chi connectivity index (χ0) is 20.3. The van der Waals surface area contributed by atoms with E-state index in [1.165, 1.54) is 6.42 Å². The normalized spacial score (nSPS) is 20.8. The molecule has 1 fully saturated rings. The van der Waals surface area contributed by atoms with Gasteiger partial charge in [0.25, 0.3) is 5.91 Å².